The van der Waals surface area contributed by atoms with Crippen LogP contribution in [0, 0.1) is 6.92 Å². The largest absolute Gasteiger partial charge is 0.507 e. The zero-order chi connectivity index (χ0) is 24.6. The highest BCUT2D eigenvalue weighted by molar-refractivity contribution is 6.52. The van der Waals surface area contributed by atoms with Gasteiger partial charge < -0.3 is 19.2 Å². The van der Waals surface area contributed by atoms with Crippen LogP contribution in [0.2, 0.25) is 5.02 Å². The fourth-order valence-electron chi connectivity index (χ4n) is 3.97. The number of benzene rings is 2. The van der Waals surface area contributed by atoms with Gasteiger partial charge >= 0.3 is 0 Å². The number of Topliss-reactive ketones (excluding diaryl/α,β-unsaturated/α-hetero) is 1. The number of rotatable bonds is 6. The van der Waals surface area contributed by atoms with E-state index in [2.05, 4.69) is 0 Å². The first kappa shape index (κ1) is 23.4. The molecule has 1 N–H and O–H groups in total. The van der Waals surface area contributed by atoms with E-state index in [1.807, 2.05) is 38.1 Å². The number of carbonyl (C=O) groups excluding carboxylic acids is 2. The van der Waals surface area contributed by atoms with Crippen LogP contribution in [0.1, 0.15) is 30.0 Å². The Bertz CT molecular complexity index is 1280. The fraction of sp³-hybridized carbons (Fsp3) is 0.231. The molecule has 7 nitrogen and oxygen atoms in total. The molecule has 1 aromatic heterocycles. The van der Waals surface area contributed by atoms with E-state index in [4.69, 9.17) is 20.8 Å². The highest BCUT2D eigenvalue weighted by Crippen LogP contribution is 2.44. The second-order valence-electron chi connectivity index (χ2n) is 8.10. The van der Waals surface area contributed by atoms with Gasteiger partial charge in [0.25, 0.3) is 11.7 Å². The van der Waals surface area contributed by atoms with Crippen LogP contribution in [0.25, 0.3) is 5.76 Å². The summed E-state index contributed by atoms with van der Waals surface area (Å²) in [6.07, 6.45) is 0. The van der Waals surface area contributed by atoms with Gasteiger partial charge in [0.15, 0.2) is 0 Å². The minimum atomic E-state index is -0.967. The van der Waals surface area contributed by atoms with Crippen molar-refractivity contribution in [2.75, 3.05) is 30.5 Å². The van der Waals surface area contributed by atoms with E-state index in [9.17, 15) is 14.7 Å². The molecule has 1 unspecified atom stereocenters. The zero-order valence-corrected chi connectivity index (χ0v) is 20.1. The number of ether oxygens (including phenoxy) is 1. The van der Waals surface area contributed by atoms with Gasteiger partial charge in [-0.05, 0) is 68.4 Å². The number of aryl methyl sites for hydroxylation is 1. The Hall–Kier alpha value is -3.71. The monoisotopic (exact) mass is 480 g/mol. The van der Waals surface area contributed by atoms with Crippen LogP contribution < -0.4 is 14.5 Å². The van der Waals surface area contributed by atoms with Crippen molar-refractivity contribution in [1.82, 2.24) is 0 Å². The molecule has 3 aromatic rings. The maximum Gasteiger partial charge on any atom is 0.300 e. The van der Waals surface area contributed by atoms with Crippen molar-refractivity contribution < 1.29 is 23.8 Å². The minimum absolute atomic E-state index is 0.105. The molecule has 0 saturated carbocycles. The number of aliphatic hydroxyl groups excluding tert-OH is 1. The van der Waals surface area contributed by atoms with Crippen molar-refractivity contribution in [3.05, 3.63) is 82.3 Å². The maximum absolute atomic E-state index is 13.3. The lowest BCUT2D eigenvalue weighted by Gasteiger charge is -2.24. The van der Waals surface area contributed by atoms with Crippen molar-refractivity contribution in [2.24, 2.45) is 0 Å². The molecule has 34 heavy (non-hydrogen) atoms. The van der Waals surface area contributed by atoms with Crippen LogP contribution in [0.4, 0.5) is 11.4 Å². The first-order chi connectivity index (χ1) is 16.2. The van der Waals surface area contributed by atoms with Crippen molar-refractivity contribution in [1.29, 1.82) is 0 Å². The molecule has 0 bridgehead atoms. The zero-order valence-electron chi connectivity index (χ0n) is 19.3. The van der Waals surface area contributed by atoms with Crippen LogP contribution in [-0.4, -0.2) is 37.5 Å². The predicted molar refractivity (Wildman–Crippen MR) is 132 cm³/mol. The summed E-state index contributed by atoms with van der Waals surface area (Å²) in [7, 11) is 3.82. The van der Waals surface area contributed by atoms with Crippen LogP contribution >= 0.6 is 11.6 Å². The third kappa shape index (κ3) is 4.15. The van der Waals surface area contributed by atoms with Gasteiger partial charge in [-0.15, -0.1) is 0 Å². The number of aliphatic hydroxyl groups is 1. The number of ketones is 1. The predicted octanol–water partition coefficient (Wildman–Crippen LogP) is 5.33. The van der Waals surface area contributed by atoms with Gasteiger partial charge in [-0.2, -0.15) is 0 Å². The molecule has 1 amide bonds. The SMILES string of the molecule is CCOc1ccc(Cl)c(/C(O)=C2\C(=O)C(=O)N(c3ccc(N(C)C)cc3)C2c2ccc(C)o2)c1. The molecule has 1 aliphatic rings. The lowest BCUT2D eigenvalue weighted by Crippen LogP contribution is -2.29. The smallest absolute Gasteiger partial charge is 0.300 e. The third-order valence-corrected chi connectivity index (χ3v) is 5.95. The molecule has 2 heterocycles. The summed E-state index contributed by atoms with van der Waals surface area (Å²) in [5.74, 6) is -0.544. The standard InChI is InChI=1S/C26H25ClN2O5/c1-5-33-18-11-12-20(27)19(14-18)24(30)22-23(21-13-6-15(2)34-21)29(26(32)25(22)31)17-9-7-16(8-10-17)28(3)4/h6-14,23,30H,5H2,1-4H3/b24-22+. The van der Waals surface area contributed by atoms with Crippen molar-refractivity contribution in [3.8, 4) is 5.75 Å². The van der Waals surface area contributed by atoms with Crippen molar-refractivity contribution >= 4 is 40.4 Å². The van der Waals surface area contributed by atoms with E-state index in [-0.39, 0.29) is 16.2 Å². The Balaban J connectivity index is 1.91. The van der Waals surface area contributed by atoms with Crippen LogP contribution in [-0.2, 0) is 9.59 Å². The summed E-state index contributed by atoms with van der Waals surface area (Å²) in [6, 6.07) is 14.5. The fourth-order valence-corrected chi connectivity index (χ4v) is 4.17. The number of halogens is 1. The Labute approximate surface area is 202 Å². The molecule has 1 saturated heterocycles. The summed E-state index contributed by atoms with van der Waals surface area (Å²) in [6.45, 7) is 4.02. The first-order valence-corrected chi connectivity index (χ1v) is 11.2. The van der Waals surface area contributed by atoms with Crippen LogP contribution in [0.5, 0.6) is 5.75 Å². The average Bonchev–Trinajstić information content (AvgIpc) is 3.35. The number of carbonyl (C=O) groups is 2. The normalized spacial score (nSPS) is 17.3. The van der Waals surface area contributed by atoms with Gasteiger partial charge in [-0.3, -0.25) is 14.5 Å². The molecule has 0 spiro atoms. The quantitative estimate of drug-likeness (QED) is 0.291. The highest BCUT2D eigenvalue weighted by Gasteiger charge is 2.48. The van der Waals surface area contributed by atoms with E-state index in [0.717, 1.165) is 5.69 Å². The average molecular weight is 481 g/mol. The van der Waals surface area contributed by atoms with Crippen molar-refractivity contribution in [3.63, 3.8) is 0 Å². The summed E-state index contributed by atoms with van der Waals surface area (Å²) >= 11 is 6.36. The van der Waals surface area contributed by atoms with Gasteiger partial charge in [-0.25, -0.2) is 0 Å². The maximum atomic E-state index is 13.3. The lowest BCUT2D eigenvalue weighted by atomic mass is 9.99. The number of hydrogen-bond acceptors (Lipinski definition) is 6. The minimum Gasteiger partial charge on any atom is -0.507 e. The highest BCUT2D eigenvalue weighted by atomic mass is 35.5. The van der Waals surface area contributed by atoms with E-state index >= 15 is 0 Å². The summed E-state index contributed by atoms with van der Waals surface area (Å²) < 4.78 is 11.4. The molecule has 176 valence electrons. The lowest BCUT2D eigenvalue weighted by molar-refractivity contribution is -0.132. The van der Waals surface area contributed by atoms with Gasteiger partial charge in [-0.1, -0.05) is 11.6 Å². The Morgan fingerprint density at radius 1 is 1.12 bits per heavy atom. The number of furan rings is 1. The second kappa shape index (κ2) is 9.27. The molecular formula is C26H25ClN2O5. The molecule has 2 aromatic carbocycles. The number of nitrogens with zero attached hydrogens (tertiary/aromatic N) is 2. The Morgan fingerprint density at radius 2 is 1.82 bits per heavy atom. The van der Waals surface area contributed by atoms with Crippen LogP contribution in [0.3, 0.4) is 0 Å². The van der Waals surface area contributed by atoms with E-state index in [1.165, 1.54) is 4.90 Å². The van der Waals surface area contributed by atoms with Gasteiger partial charge in [0, 0.05) is 31.0 Å². The van der Waals surface area contributed by atoms with Gasteiger partial charge in [0.2, 0.25) is 0 Å². The molecular weight excluding hydrogens is 456 g/mol. The van der Waals surface area contributed by atoms with Gasteiger partial charge in [0.05, 0.1) is 17.2 Å². The molecule has 1 atom stereocenters. The van der Waals surface area contributed by atoms with Gasteiger partial charge in [0.1, 0.15) is 29.1 Å². The topological polar surface area (TPSA) is 83.2 Å². The summed E-state index contributed by atoms with van der Waals surface area (Å²) in [5, 5.41) is 11.5. The molecule has 0 radical (unpaired) electrons. The summed E-state index contributed by atoms with van der Waals surface area (Å²) in [5.41, 5.74) is 1.53. The molecule has 8 heteroatoms. The third-order valence-electron chi connectivity index (χ3n) is 5.62. The number of hydrogen-bond donors (Lipinski definition) is 1. The second-order valence-corrected chi connectivity index (χ2v) is 8.51. The molecule has 4 rings (SSSR count). The van der Waals surface area contributed by atoms with Crippen LogP contribution in [0.15, 0.2) is 64.6 Å². The van der Waals surface area contributed by atoms with E-state index in [0.29, 0.717) is 29.6 Å². The first-order valence-electron chi connectivity index (χ1n) is 10.8. The molecule has 0 aliphatic carbocycles. The molecule has 1 fully saturated rings. The summed E-state index contributed by atoms with van der Waals surface area (Å²) in [4.78, 5) is 29.8. The van der Waals surface area contributed by atoms with E-state index < -0.39 is 23.5 Å². The number of anilines is 2. The Morgan fingerprint density at radius 3 is 2.41 bits per heavy atom. The molecule has 1 aliphatic heterocycles. The van der Waals surface area contributed by atoms with Crippen molar-refractivity contribution in [2.45, 2.75) is 19.9 Å². The Kier molecular flexibility index (Phi) is 6.39. The van der Waals surface area contributed by atoms with E-state index in [1.54, 1.807) is 49.4 Å². The number of amides is 1.